The standard InChI is InChI=1S/C13H14N2/c1-10(2)14-15-13-8-7-11-5-3-4-6-12(11)9-13/h3-9,15H,1-2H3. The Morgan fingerprint density at radius 3 is 2.47 bits per heavy atom. The van der Waals surface area contributed by atoms with Crippen LogP contribution in [0.3, 0.4) is 0 Å². The summed E-state index contributed by atoms with van der Waals surface area (Å²) in [5.41, 5.74) is 5.06. The summed E-state index contributed by atoms with van der Waals surface area (Å²) in [6.07, 6.45) is 0. The number of anilines is 1. The highest BCUT2D eigenvalue weighted by Crippen LogP contribution is 2.18. The normalized spacial score (nSPS) is 10.0. The van der Waals surface area contributed by atoms with Crippen molar-refractivity contribution < 1.29 is 0 Å². The Balaban J connectivity index is 2.34. The van der Waals surface area contributed by atoms with Gasteiger partial charge >= 0.3 is 0 Å². The van der Waals surface area contributed by atoms with E-state index < -0.39 is 0 Å². The van der Waals surface area contributed by atoms with Crippen LogP contribution in [0.15, 0.2) is 47.6 Å². The number of hydrogen-bond donors (Lipinski definition) is 1. The van der Waals surface area contributed by atoms with E-state index in [4.69, 9.17) is 0 Å². The van der Waals surface area contributed by atoms with Crippen molar-refractivity contribution in [2.75, 3.05) is 5.43 Å². The Kier molecular flexibility index (Phi) is 2.68. The van der Waals surface area contributed by atoms with E-state index in [1.54, 1.807) is 0 Å². The molecule has 0 saturated heterocycles. The molecular weight excluding hydrogens is 184 g/mol. The summed E-state index contributed by atoms with van der Waals surface area (Å²) in [5.74, 6) is 0. The van der Waals surface area contributed by atoms with E-state index >= 15 is 0 Å². The second-order valence-corrected chi connectivity index (χ2v) is 3.73. The molecule has 0 bridgehead atoms. The van der Waals surface area contributed by atoms with Gasteiger partial charge in [-0.25, -0.2) is 0 Å². The predicted octanol–water partition coefficient (Wildman–Crippen LogP) is 3.65. The van der Waals surface area contributed by atoms with E-state index in [-0.39, 0.29) is 0 Å². The smallest absolute Gasteiger partial charge is 0.0568 e. The molecular formula is C13H14N2. The van der Waals surface area contributed by atoms with Crippen LogP contribution in [0.5, 0.6) is 0 Å². The lowest BCUT2D eigenvalue weighted by Crippen LogP contribution is -1.92. The van der Waals surface area contributed by atoms with E-state index in [1.165, 1.54) is 10.8 Å². The van der Waals surface area contributed by atoms with Crippen molar-refractivity contribution in [3.8, 4) is 0 Å². The first-order valence-corrected chi connectivity index (χ1v) is 5.01. The molecule has 0 aliphatic rings. The fourth-order valence-corrected chi connectivity index (χ4v) is 1.44. The number of benzene rings is 2. The molecule has 15 heavy (non-hydrogen) atoms. The van der Waals surface area contributed by atoms with E-state index in [9.17, 15) is 0 Å². The van der Waals surface area contributed by atoms with Crippen LogP contribution in [0.4, 0.5) is 5.69 Å². The molecule has 0 aromatic heterocycles. The van der Waals surface area contributed by atoms with Gasteiger partial charge in [-0.05, 0) is 36.8 Å². The Labute approximate surface area is 89.6 Å². The van der Waals surface area contributed by atoms with Gasteiger partial charge in [0.25, 0.3) is 0 Å². The average Bonchev–Trinajstić information content (AvgIpc) is 2.26. The molecule has 0 aliphatic heterocycles. The van der Waals surface area contributed by atoms with Crippen LogP contribution >= 0.6 is 0 Å². The number of hydrogen-bond acceptors (Lipinski definition) is 2. The molecule has 2 rings (SSSR count). The van der Waals surface area contributed by atoms with Crippen LogP contribution in [-0.2, 0) is 0 Å². The topological polar surface area (TPSA) is 24.4 Å². The number of hydrazone groups is 1. The first kappa shape index (κ1) is 9.71. The molecule has 0 aliphatic carbocycles. The predicted molar refractivity (Wildman–Crippen MR) is 66.4 cm³/mol. The molecule has 0 spiro atoms. The highest BCUT2D eigenvalue weighted by atomic mass is 15.3. The van der Waals surface area contributed by atoms with Crippen LogP contribution < -0.4 is 5.43 Å². The lowest BCUT2D eigenvalue weighted by Gasteiger charge is -2.03. The quantitative estimate of drug-likeness (QED) is 0.578. The van der Waals surface area contributed by atoms with Gasteiger partial charge in [0.2, 0.25) is 0 Å². The molecule has 2 aromatic rings. The summed E-state index contributed by atoms with van der Waals surface area (Å²) >= 11 is 0. The van der Waals surface area contributed by atoms with E-state index in [1.807, 2.05) is 32.0 Å². The van der Waals surface area contributed by atoms with E-state index in [0.29, 0.717) is 0 Å². The van der Waals surface area contributed by atoms with Gasteiger partial charge in [0.15, 0.2) is 0 Å². The number of nitrogens with one attached hydrogen (secondary N) is 1. The Hall–Kier alpha value is -1.83. The zero-order valence-corrected chi connectivity index (χ0v) is 8.99. The molecule has 0 heterocycles. The van der Waals surface area contributed by atoms with Crippen molar-refractivity contribution in [2.45, 2.75) is 13.8 Å². The minimum absolute atomic E-state index is 1.02. The number of fused-ring (bicyclic) bond motifs is 1. The molecule has 0 atom stereocenters. The summed E-state index contributed by atoms with van der Waals surface area (Å²) in [7, 11) is 0. The van der Waals surface area contributed by atoms with Gasteiger partial charge in [-0.2, -0.15) is 5.10 Å². The Bertz CT molecular complexity index is 497. The van der Waals surface area contributed by atoms with Crippen molar-refractivity contribution in [1.82, 2.24) is 0 Å². The first-order valence-electron chi connectivity index (χ1n) is 5.01. The largest absolute Gasteiger partial charge is 0.279 e. The second-order valence-electron chi connectivity index (χ2n) is 3.73. The fraction of sp³-hybridized carbons (Fsp3) is 0.154. The molecule has 2 aromatic carbocycles. The van der Waals surface area contributed by atoms with Gasteiger partial charge in [0.05, 0.1) is 5.69 Å². The molecule has 0 radical (unpaired) electrons. The maximum absolute atomic E-state index is 4.17. The van der Waals surface area contributed by atoms with Gasteiger partial charge in [-0.15, -0.1) is 0 Å². The fourth-order valence-electron chi connectivity index (χ4n) is 1.44. The van der Waals surface area contributed by atoms with Crippen molar-refractivity contribution in [2.24, 2.45) is 5.10 Å². The van der Waals surface area contributed by atoms with Gasteiger partial charge < -0.3 is 0 Å². The van der Waals surface area contributed by atoms with Crippen LogP contribution in [0.2, 0.25) is 0 Å². The zero-order valence-electron chi connectivity index (χ0n) is 8.99. The molecule has 1 N–H and O–H groups in total. The molecule has 0 saturated carbocycles. The van der Waals surface area contributed by atoms with Crippen molar-refractivity contribution >= 4 is 22.2 Å². The lowest BCUT2D eigenvalue weighted by atomic mass is 10.1. The summed E-state index contributed by atoms with van der Waals surface area (Å²) in [6.45, 7) is 3.93. The first-order chi connectivity index (χ1) is 7.25. The van der Waals surface area contributed by atoms with Crippen LogP contribution in [0.25, 0.3) is 10.8 Å². The molecule has 2 heteroatoms. The maximum Gasteiger partial charge on any atom is 0.0568 e. The third-order valence-electron chi connectivity index (χ3n) is 2.16. The maximum atomic E-state index is 4.17. The lowest BCUT2D eigenvalue weighted by molar-refractivity contribution is 1.32. The molecule has 76 valence electrons. The summed E-state index contributed by atoms with van der Waals surface area (Å²) in [4.78, 5) is 0. The van der Waals surface area contributed by atoms with Crippen molar-refractivity contribution in [3.63, 3.8) is 0 Å². The minimum atomic E-state index is 1.02. The third kappa shape index (κ3) is 2.34. The average molecular weight is 198 g/mol. The van der Waals surface area contributed by atoms with Gasteiger partial charge in [-0.1, -0.05) is 30.3 Å². The molecule has 0 amide bonds. The number of rotatable bonds is 2. The van der Waals surface area contributed by atoms with Crippen LogP contribution in [0, 0.1) is 0 Å². The van der Waals surface area contributed by atoms with Crippen LogP contribution in [0.1, 0.15) is 13.8 Å². The monoisotopic (exact) mass is 198 g/mol. The minimum Gasteiger partial charge on any atom is -0.279 e. The summed E-state index contributed by atoms with van der Waals surface area (Å²) in [5, 5.41) is 6.65. The van der Waals surface area contributed by atoms with Gasteiger partial charge in [0, 0.05) is 5.71 Å². The third-order valence-corrected chi connectivity index (χ3v) is 2.16. The number of nitrogens with zero attached hydrogens (tertiary/aromatic N) is 1. The van der Waals surface area contributed by atoms with Gasteiger partial charge in [0.1, 0.15) is 0 Å². The Morgan fingerprint density at radius 2 is 1.73 bits per heavy atom. The van der Waals surface area contributed by atoms with Gasteiger partial charge in [-0.3, -0.25) is 5.43 Å². The highest BCUT2D eigenvalue weighted by molar-refractivity contribution is 5.86. The summed E-state index contributed by atoms with van der Waals surface area (Å²) < 4.78 is 0. The van der Waals surface area contributed by atoms with Crippen molar-refractivity contribution in [1.29, 1.82) is 0 Å². The SMILES string of the molecule is CC(C)=NNc1ccc2ccccc2c1. The molecule has 0 fully saturated rings. The zero-order chi connectivity index (χ0) is 10.7. The molecule has 2 nitrogen and oxygen atoms in total. The molecule has 0 unspecified atom stereocenters. The van der Waals surface area contributed by atoms with E-state index in [0.717, 1.165) is 11.4 Å². The van der Waals surface area contributed by atoms with Crippen molar-refractivity contribution in [3.05, 3.63) is 42.5 Å². The van der Waals surface area contributed by atoms with E-state index in [2.05, 4.69) is 34.8 Å². The van der Waals surface area contributed by atoms with Crippen LogP contribution in [-0.4, -0.2) is 5.71 Å². The Morgan fingerprint density at radius 1 is 1.00 bits per heavy atom. The highest BCUT2D eigenvalue weighted by Gasteiger charge is 1.93. The second kappa shape index (κ2) is 4.13. The summed E-state index contributed by atoms with van der Waals surface area (Å²) in [6, 6.07) is 14.5.